The molecule has 1 aliphatic heterocycles. The minimum atomic E-state index is -0.426. The molecule has 0 spiro atoms. The van der Waals surface area contributed by atoms with Crippen molar-refractivity contribution >= 4 is 17.4 Å². The van der Waals surface area contributed by atoms with Crippen LogP contribution >= 0.6 is 0 Å². The fourth-order valence-corrected chi connectivity index (χ4v) is 5.43. The molecule has 0 unspecified atom stereocenters. The smallest absolute Gasteiger partial charge is 0.265 e. The number of ketones is 1. The minimum Gasteiger partial charge on any atom is -0.482 e. The van der Waals surface area contributed by atoms with Crippen LogP contribution in [0.15, 0.2) is 103 Å². The fraction of sp³-hybridized carbons (Fsp3) is 0.184. The molecule has 0 bridgehead atoms. The third-order valence-electron chi connectivity index (χ3n) is 7.77. The van der Waals surface area contributed by atoms with Gasteiger partial charge in [-0.2, -0.15) is 0 Å². The fourth-order valence-electron chi connectivity index (χ4n) is 5.43. The zero-order valence-electron chi connectivity index (χ0n) is 25.0. The number of aryl methyl sites for hydroxylation is 1. The molecule has 2 heterocycles. The summed E-state index contributed by atoms with van der Waals surface area (Å²) in [6, 6.07) is 32.0. The summed E-state index contributed by atoms with van der Waals surface area (Å²) in [7, 11) is 0. The number of Topliss-reactive ketones (excluding diaryl/α,β-unsaturated/α-hetero) is 1. The van der Waals surface area contributed by atoms with E-state index >= 15 is 0 Å². The van der Waals surface area contributed by atoms with E-state index in [0.717, 1.165) is 40.1 Å². The summed E-state index contributed by atoms with van der Waals surface area (Å²) in [5.74, 6) is 0.0370. The first-order valence-electron chi connectivity index (χ1n) is 14.8. The molecular weight excluding hydrogens is 551 g/mol. The van der Waals surface area contributed by atoms with Crippen LogP contribution in [0.1, 0.15) is 35.3 Å². The average molecular weight is 585 g/mol. The predicted octanol–water partition coefficient (Wildman–Crippen LogP) is 8.34. The van der Waals surface area contributed by atoms with Gasteiger partial charge in [-0.1, -0.05) is 67.9 Å². The number of halogens is 1. The zero-order chi connectivity index (χ0) is 30.8. The van der Waals surface area contributed by atoms with Gasteiger partial charge in [0, 0.05) is 16.7 Å². The first kappa shape index (κ1) is 29.0. The molecule has 220 valence electrons. The van der Waals surface area contributed by atoms with Crippen molar-refractivity contribution in [2.45, 2.75) is 27.2 Å². The number of amides is 1. The van der Waals surface area contributed by atoms with Gasteiger partial charge < -0.3 is 4.74 Å². The quantitative estimate of drug-likeness (QED) is 0.172. The number of anilines is 1. The van der Waals surface area contributed by atoms with Gasteiger partial charge in [0.25, 0.3) is 5.91 Å². The highest BCUT2D eigenvalue weighted by atomic mass is 19.1. The molecule has 0 saturated carbocycles. The molecule has 5 aromatic rings. The van der Waals surface area contributed by atoms with Crippen LogP contribution in [0, 0.1) is 18.7 Å². The Kier molecular flexibility index (Phi) is 8.07. The van der Waals surface area contributed by atoms with E-state index in [-0.39, 0.29) is 24.8 Å². The number of hydrogen-bond acceptors (Lipinski definition) is 4. The van der Waals surface area contributed by atoms with Crippen molar-refractivity contribution in [3.05, 3.63) is 126 Å². The number of carbonyl (C=O) groups excluding carboxylic acids is 2. The normalized spacial score (nSPS) is 12.7. The lowest BCUT2D eigenvalue weighted by molar-refractivity contribution is -0.121. The molecule has 0 aliphatic carbocycles. The second-order valence-electron chi connectivity index (χ2n) is 11.7. The van der Waals surface area contributed by atoms with E-state index in [1.165, 1.54) is 40.3 Å². The molecule has 1 aromatic heterocycles. The predicted molar refractivity (Wildman–Crippen MR) is 172 cm³/mol. The molecule has 0 fully saturated rings. The first-order chi connectivity index (χ1) is 21.2. The molecule has 1 aliphatic rings. The summed E-state index contributed by atoms with van der Waals surface area (Å²) in [4.78, 5) is 32.6. The first-order valence-corrected chi connectivity index (χ1v) is 14.8. The van der Waals surface area contributed by atoms with Gasteiger partial charge in [0.05, 0.1) is 23.6 Å². The number of nitrogens with zero attached hydrogens (tertiary/aromatic N) is 2. The van der Waals surface area contributed by atoms with Gasteiger partial charge >= 0.3 is 0 Å². The molecule has 6 rings (SSSR count). The van der Waals surface area contributed by atoms with Crippen LogP contribution in [0.4, 0.5) is 10.1 Å². The van der Waals surface area contributed by atoms with E-state index in [2.05, 4.69) is 75.4 Å². The Balaban J connectivity index is 1.40. The van der Waals surface area contributed by atoms with Crippen LogP contribution in [0.5, 0.6) is 5.75 Å². The average Bonchev–Trinajstić information content (AvgIpc) is 3.02. The number of fused-ring (bicyclic) bond motifs is 1. The van der Waals surface area contributed by atoms with Crippen molar-refractivity contribution in [2.75, 3.05) is 18.1 Å². The molecule has 44 heavy (non-hydrogen) atoms. The third-order valence-corrected chi connectivity index (χ3v) is 7.77. The third kappa shape index (κ3) is 6.30. The number of benzene rings is 4. The minimum absolute atomic E-state index is 0.166. The summed E-state index contributed by atoms with van der Waals surface area (Å²) in [6.07, 6.45) is 1.01. The van der Waals surface area contributed by atoms with E-state index < -0.39 is 5.82 Å². The van der Waals surface area contributed by atoms with Gasteiger partial charge in [0.15, 0.2) is 12.4 Å². The Morgan fingerprint density at radius 3 is 2.14 bits per heavy atom. The van der Waals surface area contributed by atoms with Crippen LogP contribution in [-0.4, -0.2) is 29.8 Å². The van der Waals surface area contributed by atoms with Crippen LogP contribution in [0.2, 0.25) is 0 Å². The highest BCUT2D eigenvalue weighted by molar-refractivity contribution is 6.07. The monoisotopic (exact) mass is 584 g/mol. The maximum absolute atomic E-state index is 13.4. The van der Waals surface area contributed by atoms with Crippen LogP contribution in [0.25, 0.3) is 33.6 Å². The van der Waals surface area contributed by atoms with E-state index in [4.69, 9.17) is 9.72 Å². The van der Waals surface area contributed by atoms with Crippen molar-refractivity contribution in [1.82, 2.24) is 4.98 Å². The summed E-state index contributed by atoms with van der Waals surface area (Å²) in [6.45, 7) is 6.14. The summed E-state index contributed by atoms with van der Waals surface area (Å²) in [5, 5.41) is 0. The Hall–Kier alpha value is -5.10. The molecular formula is C38H33FN2O3. The molecule has 0 atom stereocenters. The van der Waals surface area contributed by atoms with Gasteiger partial charge in [0.1, 0.15) is 11.6 Å². The molecule has 5 nitrogen and oxygen atoms in total. The van der Waals surface area contributed by atoms with Crippen molar-refractivity contribution in [1.29, 1.82) is 0 Å². The lowest BCUT2D eigenvalue weighted by Gasteiger charge is -2.29. The second kappa shape index (κ2) is 12.3. The van der Waals surface area contributed by atoms with Crippen molar-refractivity contribution in [2.24, 2.45) is 5.92 Å². The summed E-state index contributed by atoms with van der Waals surface area (Å²) >= 11 is 0. The Morgan fingerprint density at radius 1 is 0.818 bits per heavy atom. The van der Waals surface area contributed by atoms with Gasteiger partial charge in [-0.05, 0) is 90.6 Å². The lowest BCUT2D eigenvalue weighted by atomic mass is 9.97. The van der Waals surface area contributed by atoms with Gasteiger partial charge in [-0.25, -0.2) is 9.37 Å². The van der Waals surface area contributed by atoms with Crippen molar-refractivity contribution in [3.63, 3.8) is 0 Å². The summed E-state index contributed by atoms with van der Waals surface area (Å²) in [5.41, 5.74) is 8.74. The molecule has 4 aromatic carbocycles. The molecule has 1 amide bonds. The van der Waals surface area contributed by atoms with E-state index in [9.17, 15) is 14.0 Å². The Morgan fingerprint density at radius 2 is 1.45 bits per heavy atom. The number of aromatic nitrogens is 1. The maximum Gasteiger partial charge on any atom is 0.265 e. The molecule has 0 N–H and O–H groups in total. The van der Waals surface area contributed by atoms with E-state index in [1.54, 1.807) is 0 Å². The van der Waals surface area contributed by atoms with Crippen LogP contribution in [-0.2, 0) is 11.2 Å². The van der Waals surface area contributed by atoms with Crippen LogP contribution < -0.4 is 9.64 Å². The van der Waals surface area contributed by atoms with Gasteiger partial charge in [0.2, 0.25) is 0 Å². The van der Waals surface area contributed by atoms with Gasteiger partial charge in [-0.3, -0.25) is 14.5 Å². The van der Waals surface area contributed by atoms with Crippen molar-refractivity contribution in [3.8, 4) is 39.4 Å². The number of pyridine rings is 1. The Labute approximate surface area is 257 Å². The van der Waals surface area contributed by atoms with E-state index in [0.29, 0.717) is 22.9 Å². The highest BCUT2D eigenvalue weighted by Gasteiger charge is 2.28. The Bertz CT molecular complexity index is 1830. The standard InChI is InChI=1S/C38H33FN2O3/c1-24(2)18-26-6-10-28(11-7-26)33-19-31(27-8-4-25(3)5-9-27)20-34(40-33)30-14-17-37-35(21-30)41(38(43)23-44-37)22-36(42)29-12-15-32(39)16-13-29/h4-17,19-21,24H,18,22-23H2,1-3H3. The molecule has 6 heteroatoms. The topological polar surface area (TPSA) is 59.5 Å². The maximum atomic E-state index is 13.4. The number of rotatable bonds is 8. The second-order valence-corrected chi connectivity index (χ2v) is 11.7. The molecule has 0 radical (unpaired) electrons. The van der Waals surface area contributed by atoms with E-state index in [1.807, 2.05) is 24.3 Å². The van der Waals surface area contributed by atoms with Crippen molar-refractivity contribution < 1.29 is 18.7 Å². The van der Waals surface area contributed by atoms with Crippen LogP contribution in [0.3, 0.4) is 0 Å². The number of ether oxygens (including phenoxy) is 1. The summed E-state index contributed by atoms with van der Waals surface area (Å²) < 4.78 is 19.2. The largest absolute Gasteiger partial charge is 0.482 e. The highest BCUT2D eigenvalue weighted by Crippen LogP contribution is 2.38. The lowest BCUT2D eigenvalue weighted by Crippen LogP contribution is -2.42. The SMILES string of the molecule is Cc1ccc(-c2cc(-c3ccc(CC(C)C)cc3)nc(-c3ccc4c(c3)N(CC(=O)c3ccc(F)cc3)C(=O)CO4)c2)cc1. The molecule has 0 saturated heterocycles. The number of carbonyl (C=O) groups is 2. The zero-order valence-corrected chi connectivity index (χ0v) is 25.0. The van der Waals surface area contributed by atoms with Gasteiger partial charge in [-0.15, -0.1) is 0 Å². The number of hydrogen-bond donors (Lipinski definition) is 0.